The standard InChI is InChI=1S/C18H19ClN2O3/c1-13(22)21(16-8-5-7-15(19)10-16)12-18(23)20-11-14-6-3-4-9-17(14)24-2/h3-10H,11-12H2,1-2H3,(H,20,23). The summed E-state index contributed by atoms with van der Waals surface area (Å²) in [6.45, 7) is 1.66. The van der Waals surface area contributed by atoms with E-state index >= 15 is 0 Å². The monoisotopic (exact) mass is 346 g/mol. The van der Waals surface area contributed by atoms with Crippen molar-refractivity contribution in [3.05, 3.63) is 59.1 Å². The Labute approximate surface area is 146 Å². The molecule has 2 aromatic carbocycles. The van der Waals surface area contributed by atoms with E-state index in [2.05, 4.69) is 5.32 Å². The SMILES string of the molecule is COc1ccccc1CNC(=O)CN(C(C)=O)c1cccc(Cl)c1. The first-order chi connectivity index (χ1) is 11.5. The average molecular weight is 347 g/mol. The van der Waals surface area contributed by atoms with Crippen LogP contribution in [0.2, 0.25) is 5.02 Å². The topological polar surface area (TPSA) is 58.6 Å². The van der Waals surface area contributed by atoms with Crippen LogP contribution in [0.3, 0.4) is 0 Å². The van der Waals surface area contributed by atoms with E-state index in [1.54, 1.807) is 31.4 Å². The first kappa shape index (κ1) is 17.8. The predicted molar refractivity (Wildman–Crippen MR) is 94.3 cm³/mol. The van der Waals surface area contributed by atoms with E-state index in [0.717, 1.165) is 5.56 Å². The van der Waals surface area contributed by atoms with Crippen molar-refractivity contribution in [1.82, 2.24) is 5.32 Å². The average Bonchev–Trinajstić information content (AvgIpc) is 2.57. The van der Waals surface area contributed by atoms with Crippen molar-refractivity contribution in [3.8, 4) is 5.75 Å². The normalized spacial score (nSPS) is 10.1. The van der Waals surface area contributed by atoms with Crippen LogP contribution in [0.5, 0.6) is 5.75 Å². The molecule has 0 bridgehead atoms. The summed E-state index contributed by atoms with van der Waals surface area (Å²) in [4.78, 5) is 25.4. The van der Waals surface area contributed by atoms with Crippen molar-refractivity contribution < 1.29 is 14.3 Å². The van der Waals surface area contributed by atoms with Crippen LogP contribution in [0.4, 0.5) is 5.69 Å². The maximum atomic E-state index is 12.2. The molecule has 0 atom stereocenters. The lowest BCUT2D eigenvalue weighted by atomic mass is 10.2. The van der Waals surface area contributed by atoms with Gasteiger partial charge in [-0.05, 0) is 24.3 Å². The summed E-state index contributed by atoms with van der Waals surface area (Å²) in [5.41, 5.74) is 1.45. The molecule has 6 heteroatoms. The number of carbonyl (C=O) groups is 2. The number of ether oxygens (including phenoxy) is 1. The Morgan fingerprint density at radius 1 is 1.17 bits per heavy atom. The van der Waals surface area contributed by atoms with E-state index in [-0.39, 0.29) is 18.4 Å². The van der Waals surface area contributed by atoms with Crippen molar-refractivity contribution in [3.63, 3.8) is 0 Å². The van der Waals surface area contributed by atoms with Gasteiger partial charge in [0.2, 0.25) is 11.8 Å². The molecule has 0 radical (unpaired) electrons. The van der Waals surface area contributed by atoms with E-state index in [1.165, 1.54) is 11.8 Å². The van der Waals surface area contributed by atoms with Crippen LogP contribution in [0.25, 0.3) is 0 Å². The van der Waals surface area contributed by atoms with Gasteiger partial charge in [-0.1, -0.05) is 35.9 Å². The Balaban J connectivity index is 2.02. The van der Waals surface area contributed by atoms with Gasteiger partial charge in [0.05, 0.1) is 7.11 Å². The number of rotatable bonds is 6. The summed E-state index contributed by atoms with van der Waals surface area (Å²) in [6.07, 6.45) is 0. The van der Waals surface area contributed by atoms with E-state index in [9.17, 15) is 9.59 Å². The quantitative estimate of drug-likeness (QED) is 0.874. The van der Waals surface area contributed by atoms with Crippen molar-refractivity contribution in [2.75, 3.05) is 18.6 Å². The van der Waals surface area contributed by atoms with Crippen LogP contribution in [-0.2, 0) is 16.1 Å². The predicted octanol–water partition coefficient (Wildman–Crippen LogP) is 3.02. The zero-order valence-electron chi connectivity index (χ0n) is 13.6. The largest absolute Gasteiger partial charge is 0.496 e. The summed E-state index contributed by atoms with van der Waals surface area (Å²) >= 11 is 5.95. The Bertz CT molecular complexity index is 734. The molecule has 0 unspecified atom stereocenters. The molecule has 0 heterocycles. The number of nitrogens with one attached hydrogen (secondary N) is 1. The van der Waals surface area contributed by atoms with Crippen molar-refractivity contribution in [2.45, 2.75) is 13.5 Å². The number of amides is 2. The van der Waals surface area contributed by atoms with Gasteiger partial charge >= 0.3 is 0 Å². The molecule has 0 fully saturated rings. The van der Waals surface area contributed by atoms with E-state index in [0.29, 0.717) is 23.0 Å². The van der Waals surface area contributed by atoms with Crippen LogP contribution in [-0.4, -0.2) is 25.5 Å². The molecular weight excluding hydrogens is 328 g/mol. The van der Waals surface area contributed by atoms with Gasteiger partial charge in [-0.3, -0.25) is 9.59 Å². The first-order valence-electron chi connectivity index (χ1n) is 7.43. The maximum absolute atomic E-state index is 12.2. The summed E-state index contributed by atoms with van der Waals surface area (Å²) < 4.78 is 5.25. The number of para-hydroxylation sites is 1. The highest BCUT2D eigenvalue weighted by Crippen LogP contribution is 2.20. The summed E-state index contributed by atoms with van der Waals surface area (Å²) in [7, 11) is 1.58. The smallest absolute Gasteiger partial charge is 0.240 e. The zero-order valence-corrected chi connectivity index (χ0v) is 14.3. The highest BCUT2D eigenvalue weighted by Gasteiger charge is 2.16. The number of methoxy groups -OCH3 is 1. The minimum Gasteiger partial charge on any atom is -0.496 e. The maximum Gasteiger partial charge on any atom is 0.240 e. The summed E-state index contributed by atoms with van der Waals surface area (Å²) in [6, 6.07) is 14.3. The van der Waals surface area contributed by atoms with Gasteiger partial charge in [0.25, 0.3) is 0 Å². The zero-order chi connectivity index (χ0) is 17.5. The first-order valence-corrected chi connectivity index (χ1v) is 7.81. The molecule has 0 saturated carbocycles. The van der Waals surface area contributed by atoms with Crippen LogP contribution in [0.15, 0.2) is 48.5 Å². The van der Waals surface area contributed by atoms with Gasteiger partial charge in [0.15, 0.2) is 0 Å². The Morgan fingerprint density at radius 3 is 2.58 bits per heavy atom. The highest BCUT2D eigenvalue weighted by atomic mass is 35.5. The fraction of sp³-hybridized carbons (Fsp3) is 0.222. The fourth-order valence-corrected chi connectivity index (χ4v) is 2.46. The lowest BCUT2D eigenvalue weighted by Crippen LogP contribution is -2.39. The molecule has 24 heavy (non-hydrogen) atoms. The van der Waals surface area contributed by atoms with E-state index in [4.69, 9.17) is 16.3 Å². The molecule has 0 saturated heterocycles. The molecule has 0 aromatic heterocycles. The number of hydrogen-bond acceptors (Lipinski definition) is 3. The minimum atomic E-state index is -0.268. The second-order valence-corrected chi connectivity index (χ2v) is 5.61. The molecule has 0 aliphatic heterocycles. The van der Waals surface area contributed by atoms with Crippen LogP contribution >= 0.6 is 11.6 Å². The molecular formula is C18H19ClN2O3. The molecule has 0 aliphatic rings. The molecule has 2 amide bonds. The van der Waals surface area contributed by atoms with Crippen LogP contribution in [0.1, 0.15) is 12.5 Å². The minimum absolute atomic E-state index is 0.0785. The molecule has 0 aliphatic carbocycles. The summed E-state index contributed by atoms with van der Waals surface area (Å²) in [5, 5.41) is 3.31. The Morgan fingerprint density at radius 2 is 1.92 bits per heavy atom. The van der Waals surface area contributed by atoms with E-state index in [1.807, 2.05) is 24.3 Å². The lowest BCUT2D eigenvalue weighted by Gasteiger charge is -2.21. The highest BCUT2D eigenvalue weighted by molar-refractivity contribution is 6.30. The third-order valence-corrected chi connectivity index (χ3v) is 3.71. The molecule has 2 aromatic rings. The Hall–Kier alpha value is -2.53. The fourth-order valence-electron chi connectivity index (χ4n) is 2.27. The molecule has 1 N–H and O–H groups in total. The van der Waals surface area contributed by atoms with Gasteiger partial charge in [-0.15, -0.1) is 0 Å². The molecule has 5 nitrogen and oxygen atoms in total. The van der Waals surface area contributed by atoms with Gasteiger partial charge in [-0.2, -0.15) is 0 Å². The molecule has 0 spiro atoms. The third kappa shape index (κ3) is 4.73. The molecule has 2 rings (SSSR count). The van der Waals surface area contributed by atoms with Crippen LogP contribution in [0, 0.1) is 0 Å². The number of hydrogen-bond donors (Lipinski definition) is 1. The number of anilines is 1. The Kier molecular flexibility index (Phi) is 6.21. The number of benzene rings is 2. The van der Waals surface area contributed by atoms with Crippen molar-refractivity contribution in [2.24, 2.45) is 0 Å². The van der Waals surface area contributed by atoms with Crippen LogP contribution < -0.4 is 15.0 Å². The van der Waals surface area contributed by atoms with E-state index < -0.39 is 0 Å². The molecule has 126 valence electrons. The van der Waals surface area contributed by atoms with Gasteiger partial charge in [0, 0.05) is 29.7 Å². The number of nitrogens with zero attached hydrogens (tertiary/aromatic N) is 1. The van der Waals surface area contributed by atoms with Gasteiger partial charge in [0.1, 0.15) is 12.3 Å². The second-order valence-electron chi connectivity index (χ2n) is 5.17. The number of carbonyl (C=O) groups excluding carboxylic acids is 2. The van der Waals surface area contributed by atoms with Gasteiger partial charge in [-0.25, -0.2) is 0 Å². The lowest BCUT2D eigenvalue weighted by molar-refractivity contribution is -0.123. The second kappa shape index (κ2) is 8.36. The van der Waals surface area contributed by atoms with Crippen molar-refractivity contribution >= 4 is 29.1 Å². The van der Waals surface area contributed by atoms with Gasteiger partial charge < -0.3 is 15.0 Å². The summed E-state index contributed by atoms with van der Waals surface area (Å²) in [5.74, 6) is 0.205. The van der Waals surface area contributed by atoms with Crippen molar-refractivity contribution in [1.29, 1.82) is 0 Å². The number of halogens is 1. The third-order valence-electron chi connectivity index (χ3n) is 3.47.